The Labute approximate surface area is 97.4 Å². The third-order valence-corrected chi connectivity index (χ3v) is 3.33. The number of hydrogen-bond donors (Lipinski definition) is 2. The van der Waals surface area contributed by atoms with Crippen LogP contribution in [-0.2, 0) is 0 Å². The Balaban J connectivity index is 1.82. The molecule has 0 radical (unpaired) electrons. The molecular weight excluding hydrogens is 228 g/mol. The van der Waals surface area contributed by atoms with Crippen LogP contribution >= 0.6 is 11.5 Å². The molecule has 88 valence electrons. The van der Waals surface area contributed by atoms with Crippen LogP contribution in [0.25, 0.3) is 0 Å². The van der Waals surface area contributed by atoms with Gasteiger partial charge in [0.25, 0.3) is 0 Å². The summed E-state index contributed by atoms with van der Waals surface area (Å²) in [5, 5.41) is 16.0. The van der Waals surface area contributed by atoms with Crippen LogP contribution in [0.15, 0.2) is 6.20 Å². The molecule has 7 heteroatoms. The second-order valence-electron chi connectivity index (χ2n) is 3.82. The summed E-state index contributed by atoms with van der Waals surface area (Å²) in [5.41, 5.74) is 0. The number of anilines is 1. The van der Waals surface area contributed by atoms with E-state index in [0.29, 0.717) is 24.0 Å². The molecule has 1 aromatic heterocycles. The molecule has 16 heavy (non-hydrogen) atoms. The molecule has 2 amide bonds. The minimum atomic E-state index is -0.109. The predicted octanol–water partition coefficient (Wildman–Crippen LogP) is 0.774. The van der Waals surface area contributed by atoms with Crippen LogP contribution in [0.4, 0.5) is 9.80 Å². The van der Waals surface area contributed by atoms with E-state index in [9.17, 15) is 4.79 Å². The van der Waals surface area contributed by atoms with Crippen molar-refractivity contribution in [2.45, 2.75) is 12.8 Å². The molecule has 1 aromatic rings. The molecule has 1 saturated heterocycles. The van der Waals surface area contributed by atoms with Gasteiger partial charge in [0, 0.05) is 31.2 Å². The smallest absolute Gasteiger partial charge is 0.322 e. The second-order valence-corrected chi connectivity index (χ2v) is 4.61. The zero-order chi connectivity index (χ0) is 11.4. The lowest BCUT2D eigenvalue weighted by molar-refractivity contribution is 0.143. The Morgan fingerprint density at radius 3 is 2.94 bits per heavy atom. The molecule has 0 atom stereocenters. The summed E-state index contributed by atoms with van der Waals surface area (Å²) in [6.45, 7) is 1.61. The largest absolute Gasteiger partial charge is 0.396 e. The van der Waals surface area contributed by atoms with Crippen molar-refractivity contribution in [3.05, 3.63) is 6.20 Å². The molecule has 2 heterocycles. The Bertz CT molecular complexity index is 335. The van der Waals surface area contributed by atoms with Gasteiger partial charge in [0.05, 0.1) is 6.20 Å². The van der Waals surface area contributed by atoms with Crippen molar-refractivity contribution in [1.29, 1.82) is 0 Å². The fourth-order valence-electron chi connectivity index (χ4n) is 1.73. The number of aliphatic hydroxyl groups excluding tert-OH is 1. The SMILES string of the molecule is O=C(Nc1cnns1)N1CCC(CO)CC1. The van der Waals surface area contributed by atoms with Crippen LogP contribution in [0.3, 0.4) is 0 Å². The van der Waals surface area contributed by atoms with Gasteiger partial charge in [-0.3, -0.25) is 5.32 Å². The maximum atomic E-state index is 11.8. The molecule has 0 unspecified atom stereocenters. The number of likely N-dealkylation sites (tertiary alicyclic amines) is 1. The Hall–Kier alpha value is -1.21. The number of hydrogen-bond acceptors (Lipinski definition) is 5. The average Bonchev–Trinajstić information content (AvgIpc) is 2.82. The number of aliphatic hydroxyl groups is 1. The Morgan fingerprint density at radius 1 is 1.62 bits per heavy atom. The molecule has 1 aliphatic heterocycles. The standard InChI is InChI=1S/C9H14N4O2S/c14-6-7-1-3-13(4-2-7)9(15)11-8-5-10-12-16-8/h5,7,14H,1-4,6H2,(H,11,15). The van der Waals surface area contributed by atoms with Gasteiger partial charge in [0.1, 0.15) is 5.00 Å². The lowest BCUT2D eigenvalue weighted by atomic mass is 9.98. The van der Waals surface area contributed by atoms with Crippen molar-refractivity contribution in [3.63, 3.8) is 0 Å². The second kappa shape index (κ2) is 5.22. The highest BCUT2D eigenvalue weighted by Crippen LogP contribution is 2.18. The molecule has 0 saturated carbocycles. The van der Waals surface area contributed by atoms with Gasteiger partial charge in [-0.15, -0.1) is 5.10 Å². The lowest BCUT2D eigenvalue weighted by Crippen LogP contribution is -2.41. The van der Waals surface area contributed by atoms with Crippen LogP contribution < -0.4 is 5.32 Å². The third-order valence-electron chi connectivity index (χ3n) is 2.75. The summed E-state index contributed by atoms with van der Waals surface area (Å²) < 4.78 is 3.67. The maximum absolute atomic E-state index is 11.8. The first-order chi connectivity index (χ1) is 7.79. The van der Waals surface area contributed by atoms with E-state index in [1.54, 1.807) is 4.90 Å². The van der Waals surface area contributed by atoms with E-state index in [-0.39, 0.29) is 12.6 Å². The third kappa shape index (κ3) is 2.67. The van der Waals surface area contributed by atoms with Gasteiger partial charge < -0.3 is 10.0 Å². The Kier molecular flexibility index (Phi) is 3.68. The molecule has 6 nitrogen and oxygen atoms in total. The number of carbonyl (C=O) groups excluding carboxylic acids is 1. The molecule has 2 rings (SSSR count). The normalized spacial score (nSPS) is 17.4. The number of urea groups is 1. The van der Waals surface area contributed by atoms with E-state index in [2.05, 4.69) is 14.9 Å². The molecule has 0 aromatic carbocycles. The number of amides is 2. The highest BCUT2D eigenvalue weighted by Gasteiger charge is 2.22. The number of aromatic nitrogens is 2. The fourth-order valence-corrected chi connectivity index (χ4v) is 2.13. The van der Waals surface area contributed by atoms with Crippen LogP contribution in [0.1, 0.15) is 12.8 Å². The van der Waals surface area contributed by atoms with Crippen LogP contribution in [-0.4, -0.2) is 45.3 Å². The molecular formula is C9H14N4O2S. The number of carbonyl (C=O) groups is 1. The van der Waals surface area contributed by atoms with Crippen LogP contribution in [0.5, 0.6) is 0 Å². The summed E-state index contributed by atoms with van der Waals surface area (Å²) in [6, 6.07) is -0.109. The van der Waals surface area contributed by atoms with Crippen molar-refractivity contribution in [2.75, 3.05) is 25.0 Å². The zero-order valence-electron chi connectivity index (χ0n) is 8.80. The Morgan fingerprint density at radius 2 is 2.38 bits per heavy atom. The van der Waals surface area contributed by atoms with Gasteiger partial charge in [-0.1, -0.05) is 4.49 Å². The van der Waals surface area contributed by atoms with Gasteiger partial charge in [-0.2, -0.15) is 0 Å². The number of piperidine rings is 1. The lowest BCUT2D eigenvalue weighted by Gasteiger charge is -2.30. The molecule has 0 bridgehead atoms. The van der Waals surface area contributed by atoms with Crippen molar-refractivity contribution in [2.24, 2.45) is 5.92 Å². The summed E-state index contributed by atoms with van der Waals surface area (Å²) in [7, 11) is 0. The molecule has 2 N–H and O–H groups in total. The van der Waals surface area contributed by atoms with E-state index in [1.807, 2.05) is 0 Å². The minimum Gasteiger partial charge on any atom is -0.396 e. The predicted molar refractivity (Wildman–Crippen MR) is 60.3 cm³/mol. The first-order valence-corrected chi connectivity index (χ1v) is 6.01. The van der Waals surface area contributed by atoms with Gasteiger partial charge in [-0.25, -0.2) is 4.79 Å². The highest BCUT2D eigenvalue weighted by atomic mass is 32.1. The highest BCUT2D eigenvalue weighted by molar-refractivity contribution is 7.10. The van der Waals surface area contributed by atoms with E-state index in [1.165, 1.54) is 6.20 Å². The summed E-state index contributed by atoms with van der Waals surface area (Å²) in [4.78, 5) is 13.5. The molecule has 0 aliphatic carbocycles. The molecule has 1 fully saturated rings. The zero-order valence-corrected chi connectivity index (χ0v) is 9.61. The van der Waals surface area contributed by atoms with E-state index in [4.69, 9.17) is 5.11 Å². The minimum absolute atomic E-state index is 0.109. The summed E-state index contributed by atoms with van der Waals surface area (Å²) in [5.74, 6) is 0.342. The number of rotatable bonds is 2. The van der Waals surface area contributed by atoms with Gasteiger partial charge in [0.2, 0.25) is 0 Å². The topological polar surface area (TPSA) is 78.4 Å². The molecule has 0 spiro atoms. The van der Waals surface area contributed by atoms with E-state index < -0.39 is 0 Å². The van der Waals surface area contributed by atoms with E-state index >= 15 is 0 Å². The van der Waals surface area contributed by atoms with Crippen molar-refractivity contribution >= 4 is 22.6 Å². The number of nitrogens with zero attached hydrogens (tertiary/aromatic N) is 3. The summed E-state index contributed by atoms with van der Waals surface area (Å²) >= 11 is 1.16. The van der Waals surface area contributed by atoms with Crippen molar-refractivity contribution < 1.29 is 9.90 Å². The molecule has 1 aliphatic rings. The first-order valence-electron chi connectivity index (χ1n) is 5.23. The quantitative estimate of drug-likeness (QED) is 0.803. The van der Waals surface area contributed by atoms with Crippen molar-refractivity contribution in [3.8, 4) is 0 Å². The maximum Gasteiger partial charge on any atom is 0.322 e. The summed E-state index contributed by atoms with van der Waals surface area (Å²) in [6.07, 6.45) is 3.26. The van der Waals surface area contributed by atoms with Crippen LogP contribution in [0, 0.1) is 5.92 Å². The van der Waals surface area contributed by atoms with Gasteiger partial charge in [-0.05, 0) is 18.8 Å². The fraction of sp³-hybridized carbons (Fsp3) is 0.667. The van der Waals surface area contributed by atoms with Crippen molar-refractivity contribution in [1.82, 2.24) is 14.5 Å². The average molecular weight is 242 g/mol. The number of nitrogens with one attached hydrogen (secondary N) is 1. The van der Waals surface area contributed by atoms with Gasteiger partial charge >= 0.3 is 6.03 Å². The monoisotopic (exact) mass is 242 g/mol. The van der Waals surface area contributed by atoms with E-state index in [0.717, 1.165) is 24.4 Å². The van der Waals surface area contributed by atoms with Crippen LogP contribution in [0.2, 0.25) is 0 Å². The first kappa shape index (κ1) is 11.3. The van der Waals surface area contributed by atoms with Gasteiger partial charge in [0.15, 0.2) is 0 Å².